The standard InChI is InChI=1S/C23H30O4/c1-22-9-7-16-15-6-4-14(27-2)11-13(15)3-5-17(16)21(22)18-12-19(18)23(22,26)10-8-20(24)25/h3,8,10-11,15-19,21,26H,4-7,9,12H2,1-2H3,(H,24,25)/b10-8-/t15-,16+,17+,18+,19-,21+,22-,23-/m0/s1. The average molecular weight is 370 g/mol. The van der Waals surface area contributed by atoms with E-state index in [1.165, 1.54) is 18.1 Å². The minimum Gasteiger partial charge on any atom is -0.501 e. The van der Waals surface area contributed by atoms with Crippen LogP contribution >= 0.6 is 0 Å². The van der Waals surface area contributed by atoms with Crippen LogP contribution in [0.3, 0.4) is 0 Å². The van der Waals surface area contributed by atoms with Crippen molar-refractivity contribution in [2.24, 2.45) is 40.9 Å². The van der Waals surface area contributed by atoms with Gasteiger partial charge in [-0.1, -0.05) is 13.0 Å². The van der Waals surface area contributed by atoms with E-state index in [0.717, 1.165) is 37.9 Å². The topological polar surface area (TPSA) is 66.8 Å². The highest BCUT2D eigenvalue weighted by Crippen LogP contribution is 2.75. The molecule has 3 saturated carbocycles. The molecule has 0 radical (unpaired) electrons. The third kappa shape index (κ3) is 2.28. The average Bonchev–Trinajstić information content (AvgIpc) is 3.42. The molecule has 4 nitrogen and oxygen atoms in total. The first kappa shape index (κ1) is 17.5. The Balaban J connectivity index is 1.48. The molecule has 0 unspecified atom stereocenters. The van der Waals surface area contributed by atoms with Gasteiger partial charge in [0.2, 0.25) is 0 Å². The van der Waals surface area contributed by atoms with E-state index in [0.29, 0.717) is 29.6 Å². The normalized spacial score (nSPS) is 50.0. The molecule has 8 atom stereocenters. The van der Waals surface area contributed by atoms with Crippen LogP contribution in [0.5, 0.6) is 0 Å². The minimum absolute atomic E-state index is 0.193. The number of allylic oxidation sites excluding steroid dienone is 4. The van der Waals surface area contributed by atoms with E-state index in [4.69, 9.17) is 9.84 Å². The molecule has 0 aromatic heterocycles. The van der Waals surface area contributed by atoms with E-state index in [9.17, 15) is 9.90 Å². The lowest BCUT2D eigenvalue weighted by molar-refractivity contribution is -0.132. The van der Waals surface area contributed by atoms with E-state index >= 15 is 0 Å². The van der Waals surface area contributed by atoms with Crippen LogP contribution in [-0.4, -0.2) is 28.9 Å². The summed E-state index contributed by atoms with van der Waals surface area (Å²) < 4.78 is 5.49. The Labute approximate surface area is 161 Å². The number of aliphatic carboxylic acids is 1. The first-order valence-corrected chi connectivity index (χ1v) is 10.5. The molecule has 0 aromatic rings. The predicted molar refractivity (Wildman–Crippen MR) is 102 cm³/mol. The Morgan fingerprint density at radius 3 is 2.85 bits per heavy atom. The van der Waals surface area contributed by atoms with Gasteiger partial charge < -0.3 is 14.9 Å². The van der Waals surface area contributed by atoms with Crippen molar-refractivity contribution < 1.29 is 19.7 Å². The van der Waals surface area contributed by atoms with E-state index in [1.807, 2.05) is 0 Å². The molecule has 5 aliphatic carbocycles. The maximum atomic E-state index is 11.6. The molecular formula is C23H30O4. The van der Waals surface area contributed by atoms with Gasteiger partial charge in [0, 0.05) is 17.9 Å². The molecule has 0 spiro atoms. The van der Waals surface area contributed by atoms with E-state index in [2.05, 4.69) is 19.1 Å². The molecule has 0 saturated heterocycles. The smallest absolute Gasteiger partial charge is 0.328 e. The maximum Gasteiger partial charge on any atom is 0.328 e. The molecule has 0 aliphatic heterocycles. The number of aliphatic hydroxyl groups is 1. The maximum absolute atomic E-state index is 11.6. The number of fused-ring (bicyclic) bond motifs is 7. The lowest BCUT2D eigenvalue weighted by Crippen LogP contribution is -2.54. The molecule has 4 heteroatoms. The molecule has 5 aliphatic rings. The molecule has 0 amide bonds. The molecule has 146 valence electrons. The molecule has 5 rings (SSSR count). The fourth-order valence-corrected chi connectivity index (χ4v) is 7.65. The summed E-state index contributed by atoms with van der Waals surface area (Å²) in [5, 5.41) is 20.7. The van der Waals surface area contributed by atoms with Gasteiger partial charge in [0.25, 0.3) is 0 Å². The molecule has 2 N–H and O–H groups in total. The second kappa shape index (κ2) is 5.73. The number of methoxy groups -OCH3 is 1. The molecule has 0 bridgehead atoms. The first-order chi connectivity index (χ1) is 12.9. The van der Waals surface area contributed by atoms with E-state index in [-0.39, 0.29) is 11.3 Å². The highest BCUT2D eigenvalue weighted by atomic mass is 16.5. The minimum atomic E-state index is -0.963. The number of carbonyl (C=O) groups is 1. The number of ether oxygens (including phenoxy) is 1. The van der Waals surface area contributed by atoms with Gasteiger partial charge in [-0.05, 0) is 85.3 Å². The van der Waals surface area contributed by atoms with Crippen LogP contribution in [0.1, 0.15) is 45.4 Å². The van der Waals surface area contributed by atoms with Gasteiger partial charge in [0.15, 0.2) is 0 Å². The number of hydrogen-bond donors (Lipinski definition) is 2. The summed E-state index contributed by atoms with van der Waals surface area (Å²) in [6.45, 7) is 2.23. The van der Waals surface area contributed by atoms with Gasteiger partial charge in [-0.3, -0.25) is 0 Å². The van der Waals surface area contributed by atoms with Crippen molar-refractivity contribution in [3.8, 4) is 0 Å². The SMILES string of the molecule is COC1=CC2=CC[C@@H]3[C@H](CC[C@@]4(C)[C@H]3[C@@H]3C[C@@H]3[C@@]4(O)/C=C\C(=O)O)[C@H]2CC1. The fourth-order valence-electron chi connectivity index (χ4n) is 7.65. The zero-order valence-corrected chi connectivity index (χ0v) is 16.2. The summed E-state index contributed by atoms with van der Waals surface area (Å²) >= 11 is 0. The molecule has 3 fully saturated rings. The van der Waals surface area contributed by atoms with Gasteiger partial charge >= 0.3 is 5.97 Å². The van der Waals surface area contributed by atoms with Gasteiger partial charge in [-0.2, -0.15) is 0 Å². The van der Waals surface area contributed by atoms with Crippen LogP contribution < -0.4 is 0 Å². The van der Waals surface area contributed by atoms with Crippen molar-refractivity contribution in [1.82, 2.24) is 0 Å². The third-order valence-corrected chi connectivity index (χ3v) is 8.87. The zero-order valence-electron chi connectivity index (χ0n) is 16.2. The van der Waals surface area contributed by atoms with E-state index in [1.54, 1.807) is 13.2 Å². The molecular weight excluding hydrogens is 340 g/mol. The lowest BCUT2D eigenvalue weighted by atomic mass is 9.50. The molecule has 0 heterocycles. The predicted octanol–water partition coefficient (Wildman–Crippen LogP) is 3.93. The summed E-state index contributed by atoms with van der Waals surface area (Å²) in [6.07, 6.45) is 14.0. The summed E-state index contributed by atoms with van der Waals surface area (Å²) in [5.41, 5.74) is 0.321. The fraction of sp³-hybridized carbons (Fsp3) is 0.696. The van der Waals surface area contributed by atoms with Crippen LogP contribution in [0.4, 0.5) is 0 Å². The number of rotatable bonds is 3. The van der Waals surface area contributed by atoms with Crippen LogP contribution in [0.2, 0.25) is 0 Å². The van der Waals surface area contributed by atoms with Gasteiger partial charge in [-0.15, -0.1) is 0 Å². The second-order valence-electron chi connectivity index (χ2n) is 9.71. The van der Waals surface area contributed by atoms with Crippen molar-refractivity contribution in [3.05, 3.63) is 35.6 Å². The van der Waals surface area contributed by atoms with Crippen LogP contribution in [0.25, 0.3) is 0 Å². The highest BCUT2D eigenvalue weighted by Gasteiger charge is 2.74. The zero-order chi connectivity index (χ0) is 19.0. The van der Waals surface area contributed by atoms with Crippen LogP contribution in [0.15, 0.2) is 35.6 Å². The molecule has 27 heavy (non-hydrogen) atoms. The van der Waals surface area contributed by atoms with Crippen LogP contribution in [-0.2, 0) is 9.53 Å². The van der Waals surface area contributed by atoms with Crippen molar-refractivity contribution in [2.45, 2.75) is 51.0 Å². The Morgan fingerprint density at radius 2 is 2.11 bits per heavy atom. The Kier molecular flexibility index (Phi) is 3.72. The summed E-state index contributed by atoms with van der Waals surface area (Å²) in [5.74, 6) is 3.42. The lowest BCUT2D eigenvalue weighted by Gasteiger charge is -2.56. The van der Waals surface area contributed by atoms with Crippen molar-refractivity contribution in [1.29, 1.82) is 0 Å². The first-order valence-electron chi connectivity index (χ1n) is 10.5. The van der Waals surface area contributed by atoms with E-state index < -0.39 is 11.6 Å². The Morgan fingerprint density at radius 1 is 1.30 bits per heavy atom. The quantitative estimate of drug-likeness (QED) is 0.739. The van der Waals surface area contributed by atoms with Crippen LogP contribution in [0, 0.1) is 40.9 Å². The van der Waals surface area contributed by atoms with Crippen molar-refractivity contribution >= 4 is 5.97 Å². The van der Waals surface area contributed by atoms with Gasteiger partial charge in [0.05, 0.1) is 18.5 Å². The molecule has 0 aromatic carbocycles. The van der Waals surface area contributed by atoms with Gasteiger partial charge in [0.1, 0.15) is 0 Å². The summed E-state index contributed by atoms with van der Waals surface area (Å²) in [7, 11) is 1.77. The Hall–Kier alpha value is -1.55. The third-order valence-electron chi connectivity index (χ3n) is 8.87. The van der Waals surface area contributed by atoms with Crippen molar-refractivity contribution in [3.63, 3.8) is 0 Å². The van der Waals surface area contributed by atoms with Gasteiger partial charge in [-0.25, -0.2) is 4.79 Å². The summed E-state index contributed by atoms with van der Waals surface area (Å²) in [6, 6.07) is 0. The highest BCUT2D eigenvalue weighted by molar-refractivity contribution is 5.80. The number of hydrogen-bond acceptors (Lipinski definition) is 3. The number of carboxylic acid groups (broad SMARTS) is 1. The summed E-state index contributed by atoms with van der Waals surface area (Å²) in [4.78, 5) is 11.1. The monoisotopic (exact) mass is 370 g/mol. The number of carboxylic acids is 1. The Bertz CT molecular complexity index is 764. The second-order valence-corrected chi connectivity index (χ2v) is 9.71. The van der Waals surface area contributed by atoms with Crippen molar-refractivity contribution in [2.75, 3.05) is 7.11 Å². The largest absolute Gasteiger partial charge is 0.501 e.